The monoisotopic (exact) mass is 175 g/mol. The third-order valence-corrected chi connectivity index (χ3v) is 2.44. The molecule has 0 aliphatic rings. The SMILES string of the molecule is COc1ccc(C)c2ccn(C)c12. The Morgan fingerprint density at radius 2 is 2.00 bits per heavy atom. The zero-order chi connectivity index (χ0) is 9.42. The highest BCUT2D eigenvalue weighted by atomic mass is 16.5. The van der Waals surface area contributed by atoms with Gasteiger partial charge in [0.1, 0.15) is 5.75 Å². The molecule has 0 fully saturated rings. The van der Waals surface area contributed by atoms with Crippen molar-refractivity contribution >= 4 is 10.9 Å². The number of nitrogens with zero attached hydrogens (tertiary/aromatic N) is 1. The predicted octanol–water partition coefficient (Wildman–Crippen LogP) is 2.50. The summed E-state index contributed by atoms with van der Waals surface area (Å²) in [5.41, 5.74) is 2.46. The number of benzene rings is 1. The van der Waals surface area contributed by atoms with Gasteiger partial charge in [0.25, 0.3) is 0 Å². The Balaban J connectivity index is 2.88. The van der Waals surface area contributed by atoms with Crippen molar-refractivity contribution in [2.45, 2.75) is 6.92 Å². The first-order valence-corrected chi connectivity index (χ1v) is 4.32. The van der Waals surface area contributed by atoms with Crippen LogP contribution in [-0.4, -0.2) is 11.7 Å². The molecule has 0 aliphatic heterocycles. The maximum Gasteiger partial charge on any atom is 0.143 e. The molecule has 0 amide bonds. The molecule has 0 saturated heterocycles. The Bertz CT molecular complexity index is 443. The molecule has 0 saturated carbocycles. The van der Waals surface area contributed by atoms with Crippen molar-refractivity contribution in [1.29, 1.82) is 0 Å². The Kier molecular flexibility index (Phi) is 1.76. The molecule has 0 radical (unpaired) electrons. The molecule has 2 heteroatoms. The summed E-state index contributed by atoms with van der Waals surface area (Å²) in [7, 11) is 3.74. The Hall–Kier alpha value is -1.44. The Morgan fingerprint density at radius 3 is 2.69 bits per heavy atom. The molecule has 0 spiro atoms. The molecule has 1 aromatic carbocycles. The lowest BCUT2D eigenvalue weighted by Crippen LogP contribution is -1.90. The second kappa shape index (κ2) is 2.80. The van der Waals surface area contributed by atoms with Gasteiger partial charge in [-0.25, -0.2) is 0 Å². The van der Waals surface area contributed by atoms with E-state index in [2.05, 4.69) is 29.8 Å². The van der Waals surface area contributed by atoms with Crippen molar-refractivity contribution in [1.82, 2.24) is 4.57 Å². The van der Waals surface area contributed by atoms with Gasteiger partial charge in [0.2, 0.25) is 0 Å². The topological polar surface area (TPSA) is 14.2 Å². The van der Waals surface area contributed by atoms with Gasteiger partial charge in [0.15, 0.2) is 0 Å². The van der Waals surface area contributed by atoms with Gasteiger partial charge in [-0.05, 0) is 24.6 Å². The average molecular weight is 175 g/mol. The highest BCUT2D eigenvalue weighted by molar-refractivity contribution is 5.88. The second-order valence-electron chi connectivity index (χ2n) is 3.27. The molecule has 2 nitrogen and oxygen atoms in total. The highest BCUT2D eigenvalue weighted by Gasteiger charge is 2.06. The second-order valence-corrected chi connectivity index (χ2v) is 3.27. The van der Waals surface area contributed by atoms with Crippen molar-refractivity contribution < 1.29 is 4.74 Å². The first-order valence-electron chi connectivity index (χ1n) is 4.32. The van der Waals surface area contributed by atoms with Crippen LogP contribution in [0.25, 0.3) is 10.9 Å². The van der Waals surface area contributed by atoms with Gasteiger partial charge in [-0.2, -0.15) is 0 Å². The van der Waals surface area contributed by atoms with Crippen LogP contribution in [0, 0.1) is 6.92 Å². The van der Waals surface area contributed by atoms with E-state index in [1.54, 1.807) is 7.11 Å². The van der Waals surface area contributed by atoms with E-state index in [0.29, 0.717) is 0 Å². The van der Waals surface area contributed by atoms with E-state index in [1.165, 1.54) is 16.5 Å². The molecule has 13 heavy (non-hydrogen) atoms. The van der Waals surface area contributed by atoms with Gasteiger partial charge < -0.3 is 9.30 Å². The van der Waals surface area contributed by atoms with Crippen LogP contribution in [0.4, 0.5) is 0 Å². The normalized spacial score (nSPS) is 10.7. The molecular weight excluding hydrogens is 162 g/mol. The average Bonchev–Trinajstić information content (AvgIpc) is 2.51. The minimum Gasteiger partial charge on any atom is -0.495 e. The number of fused-ring (bicyclic) bond motifs is 1. The zero-order valence-electron chi connectivity index (χ0n) is 8.16. The molecule has 68 valence electrons. The number of aromatic nitrogens is 1. The van der Waals surface area contributed by atoms with Crippen molar-refractivity contribution in [3.8, 4) is 5.75 Å². The van der Waals surface area contributed by atoms with E-state index in [-0.39, 0.29) is 0 Å². The fourth-order valence-corrected chi connectivity index (χ4v) is 1.69. The summed E-state index contributed by atoms with van der Waals surface area (Å²) in [4.78, 5) is 0. The number of hydrogen-bond donors (Lipinski definition) is 0. The molecule has 0 aliphatic carbocycles. The lowest BCUT2D eigenvalue weighted by atomic mass is 10.1. The summed E-state index contributed by atoms with van der Waals surface area (Å²) >= 11 is 0. The standard InChI is InChI=1S/C11H13NO/c1-8-4-5-10(13-3)11-9(8)6-7-12(11)2/h4-7H,1-3H3. The molecule has 0 unspecified atom stereocenters. The maximum atomic E-state index is 5.30. The number of methoxy groups -OCH3 is 1. The van der Waals surface area contributed by atoms with Gasteiger partial charge >= 0.3 is 0 Å². The van der Waals surface area contributed by atoms with Gasteiger partial charge in [0.05, 0.1) is 12.6 Å². The van der Waals surface area contributed by atoms with Crippen molar-refractivity contribution in [3.63, 3.8) is 0 Å². The van der Waals surface area contributed by atoms with E-state index < -0.39 is 0 Å². The van der Waals surface area contributed by atoms with Crippen LogP contribution in [-0.2, 0) is 7.05 Å². The first-order chi connectivity index (χ1) is 6.24. The van der Waals surface area contributed by atoms with Crippen LogP contribution in [0.3, 0.4) is 0 Å². The van der Waals surface area contributed by atoms with Crippen LogP contribution >= 0.6 is 0 Å². The number of hydrogen-bond acceptors (Lipinski definition) is 1. The predicted molar refractivity (Wildman–Crippen MR) is 54.2 cm³/mol. The fourth-order valence-electron chi connectivity index (χ4n) is 1.69. The van der Waals surface area contributed by atoms with E-state index in [1.807, 2.05) is 13.1 Å². The van der Waals surface area contributed by atoms with Crippen LogP contribution in [0.2, 0.25) is 0 Å². The molecule has 1 heterocycles. The van der Waals surface area contributed by atoms with Crippen molar-refractivity contribution in [2.24, 2.45) is 7.05 Å². The fraction of sp³-hybridized carbons (Fsp3) is 0.273. The van der Waals surface area contributed by atoms with Gasteiger partial charge in [-0.1, -0.05) is 6.07 Å². The number of ether oxygens (including phenoxy) is 1. The van der Waals surface area contributed by atoms with Crippen molar-refractivity contribution in [2.75, 3.05) is 7.11 Å². The molecule has 2 rings (SSSR count). The maximum absolute atomic E-state index is 5.30. The third kappa shape index (κ3) is 1.10. The minimum atomic E-state index is 0.938. The summed E-state index contributed by atoms with van der Waals surface area (Å²) in [5.74, 6) is 0.938. The minimum absolute atomic E-state index is 0.938. The summed E-state index contributed by atoms with van der Waals surface area (Å²) in [6.45, 7) is 2.11. The largest absolute Gasteiger partial charge is 0.495 e. The molecule has 2 aromatic rings. The van der Waals surface area contributed by atoms with E-state index in [9.17, 15) is 0 Å². The lowest BCUT2D eigenvalue weighted by molar-refractivity contribution is 0.418. The number of rotatable bonds is 1. The Morgan fingerprint density at radius 1 is 1.23 bits per heavy atom. The van der Waals surface area contributed by atoms with Gasteiger partial charge in [-0.3, -0.25) is 0 Å². The zero-order valence-corrected chi connectivity index (χ0v) is 8.16. The molecule has 0 bridgehead atoms. The summed E-state index contributed by atoms with van der Waals surface area (Å²) in [5, 5.41) is 1.27. The van der Waals surface area contributed by atoms with E-state index in [0.717, 1.165) is 5.75 Å². The molecule has 0 N–H and O–H groups in total. The quantitative estimate of drug-likeness (QED) is 0.649. The molecular formula is C11H13NO. The lowest BCUT2D eigenvalue weighted by Gasteiger charge is -2.05. The smallest absolute Gasteiger partial charge is 0.143 e. The van der Waals surface area contributed by atoms with Crippen molar-refractivity contribution in [3.05, 3.63) is 30.0 Å². The summed E-state index contributed by atoms with van der Waals surface area (Å²) in [6, 6.07) is 6.21. The van der Waals surface area contributed by atoms with E-state index >= 15 is 0 Å². The van der Waals surface area contributed by atoms with E-state index in [4.69, 9.17) is 4.74 Å². The van der Waals surface area contributed by atoms with Gasteiger partial charge in [0, 0.05) is 18.6 Å². The van der Waals surface area contributed by atoms with Crippen LogP contribution in [0.1, 0.15) is 5.56 Å². The highest BCUT2D eigenvalue weighted by Crippen LogP contribution is 2.28. The molecule has 1 aromatic heterocycles. The Labute approximate surface area is 77.7 Å². The molecule has 0 atom stereocenters. The van der Waals surface area contributed by atoms with Crippen LogP contribution in [0.5, 0.6) is 5.75 Å². The first kappa shape index (κ1) is 8.17. The van der Waals surface area contributed by atoms with Gasteiger partial charge in [-0.15, -0.1) is 0 Å². The van der Waals surface area contributed by atoms with Crippen LogP contribution in [0.15, 0.2) is 24.4 Å². The summed E-state index contributed by atoms with van der Waals surface area (Å²) in [6.07, 6.45) is 2.06. The summed E-state index contributed by atoms with van der Waals surface area (Å²) < 4.78 is 7.39. The third-order valence-electron chi connectivity index (χ3n) is 2.44. The number of aryl methyl sites for hydroxylation is 2. The van der Waals surface area contributed by atoms with Crippen LogP contribution < -0.4 is 4.74 Å².